The molecule has 0 radical (unpaired) electrons. The van der Waals surface area contributed by atoms with Crippen molar-refractivity contribution in [3.63, 3.8) is 0 Å². The number of fused-ring (bicyclic) bond motifs is 8. The van der Waals surface area contributed by atoms with Crippen molar-refractivity contribution in [2.75, 3.05) is 56.2 Å². The molecule has 580 valence electrons. The second kappa shape index (κ2) is 34.2. The van der Waals surface area contributed by atoms with Gasteiger partial charge in [0.05, 0.1) is 71.4 Å². The Balaban J connectivity index is 0.000000141. The number of aromatic nitrogens is 7. The molecule has 1 aliphatic heterocycles. The summed E-state index contributed by atoms with van der Waals surface area (Å²) in [7, 11) is 11.2. The maximum Gasteiger partial charge on any atom is 0.330 e. The smallest absolute Gasteiger partial charge is 0.330 e. The number of carbonyl (C=O) groups is 6. The Labute approximate surface area is 652 Å². The predicted molar refractivity (Wildman–Crippen MR) is 434 cm³/mol. The minimum Gasteiger partial charge on any atom is -0.466 e. The summed E-state index contributed by atoms with van der Waals surface area (Å²) in [6.45, 7) is 2.36. The molecule has 3 aliphatic carbocycles. The third-order valence-electron chi connectivity index (χ3n) is 22.8. The second-order valence-electron chi connectivity index (χ2n) is 29.9. The van der Waals surface area contributed by atoms with E-state index in [9.17, 15) is 28.8 Å². The molecular formula is C90H90F3N11O9. The number of piperidine rings is 1. The molecule has 1 saturated heterocycles. The lowest BCUT2D eigenvalue weighted by Crippen LogP contribution is -2.41. The second-order valence-corrected chi connectivity index (χ2v) is 29.9. The van der Waals surface area contributed by atoms with Crippen LogP contribution in [0.5, 0.6) is 0 Å². The predicted octanol–water partition coefficient (Wildman–Crippen LogP) is 16.5. The van der Waals surface area contributed by atoms with Crippen LogP contribution in [0.2, 0.25) is 0 Å². The Morgan fingerprint density at radius 3 is 1.24 bits per heavy atom. The van der Waals surface area contributed by atoms with Gasteiger partial charge >= 0.3 is 17.9 Å². The number of aryl methyl sites for hydroxylation is 3. The summed E-state index contributed by atoms with van der Waals surface area (Å²) in [5, 5.41) is 18.7. The Bertz CT molecular complexity index is 5730. The molecule has 3 amide bonds. The number of esters is 3. The van der Waals surface area contributed by atoms with Gasteiger partial charge in [-0.15, -0.1) is 0 Å². The summed E-state index contributed by atoms with van der Waals surface area (Å²) < 4.78 is 66.5. The first kappa shape index (κ1) is 77.6. The Morgan fingerprint density at radius 1 is 0.425 bits per heavy atom. The Morgan fingerprint density at radius 2 is 0.823 bits per heavy atom. The molecule has 2 bridgehead atoms. The van der Waals surface area contributed by atoms with Gasteiger partial charge in [0.1, 0.15) is 16.6 Å². The lowest BCUT2D eigenvalue weighted by molar-refractivity contribution is -0.135. The fraction of sp³-hybridized carbons (Fsp3) is 0.311. The molecule has 4 aliphatic rings. The number of benzene rings is 8. The van der Waals surface area contributed by atoms with E-state index in [0.29, 0.717) is 67.0 Å². The van der Waals surface area contributed by atoms with Gasteiger partial charge in [0, 0.05) is 107 Å². The van der Waals surface area contributed by atoms with E-state index in [0.717, 1.165) is 138 Å². The number of amides is 3. The maximum absolute atomic E-state index is 16.0. The summed E-state index contributed by atoms with van der Waals surface area (Å²) in [5.41, 5.74) is 7.71. The quantitative estimate of drug-likeness (QED) is 0.0445. The van der Waals surface area contributed by atoms with Crippen LogP contribution >= 0.6 is 0 Å². The summed E-state index contributed by atoms with van der Waals surface area (Å²) in [6, 6.07) is 39.6. The van der Waals surface area contributed by atoms with Crippen LogP contribution in [0.1, 0.15) is 104 Å². The summed E-state index contributed by atoms with van der Waals surface area (Å²) >= 11 is 0. The number of rotatable bonds is 18. The highest BCUT2D eigenvalue weighted by atomic mass is 19.1. The van der Waals surface area contributed by atoms with Crippen molar-refractivity contribution in [2.45, 2.75) is 90.3 Å². The molecule has 3 atom stereocenters. The van der Waals surface area contributed by atoms with E-state index in [1.807, 2.05) is 132 Å². The number of likely N-dealkylation sites (tertiary alicyclic amines) is 1. The largest absolute Gasteiger partial charge is 0.466 e. The molecule has 113 heavy (non-hydrogen) atoms. The number of hydrogen-bond acceptors (Lipinski definition) is 14. The lowest BCUT2D eigenvalue weighted by atomic mass is 9.87. The minimum absolute atomic E-state index is 0.00891. The van der Waals surface area contributed by atoms with Crippen molar-refractivity contribution in [1.29, 1.82) is 0 Å². The van der Waals surface area contributed by atoms with Crippen molar-refractivity contribution in [3.05, 3.63) is 227 Å². The van der Waals surface area contributed by atoms with E-state index in [1.165, 1.54) is 50.7 Å². The third-order valence-corrected chi connectivity index (χ3v) is 22.8. The zero-order valence-corrected chi connectivity index (χ0v) is 64.4. The number of halogens is 3. The van der Waals surface area contributed by atoms with E-state index in [1.54, 1.807) is 89.5 Å². The van der Waals surface area contributed by atoms with Crippen molar-refractivity contribution in [2.24, 2.45) is 50.7 Å². The molecule has 23 heteroatoms. The average molecular weight is 1530 g/mol. The van der Waals surface area contributed by atoms with E-state index in [-0.39, 0.29) is 72.6 Å². The van der Waals surface area contributed by atoms with Crippen LogP contribution in [0.4, 0.5) is 30.2 Å². The normalized spacial score (nSPS) is 16.7. The first-order valence-corrected chi connectivity index (χ1v) is 38.4. The summed E-state index contributed by atoms with van der Waals surface area (Å²) in [6.07, 6.45) is 27.9. The Hall–Kier alpha value is -12.1. The number of pyridine rings is 1. The lowest BCUT2D eigenvalue weighted by Gasteiger charge is -2.33. The zero-order chi connectivity index (χ0) is 79.1. The van der Waals surface area contributed by atoms with Crippen molar-refractivity contribution >= 4 is 136 Å². The van der Waals surface area contributed by atoms with E-state index in [2.05, 4.69) is 37.0 Å². The molecule has 8 aromatic carbocycles. The minimum atomic E-state index is -0.478. The summed E-state index contributed by atoms with van der Waals surface area (Å²) in [5.74, 6) is -1.47. The van der Waals surface area contributed by atoms with Crippen LogP contribution in [0.25, 0.3) is 83.3 Å². The molecular weight excluding hydrogens is 1440 g/mol. The van der Waals surface area contributed by atoms with Gasteiger partial charge in [0.25, 0.3) is 0 Å². The van der Waals surface area contributed by atoms with Crippen LogP contribution in [-0.2, 0) is 83.8 Å². The number of hydrogen-bond donors (Lipinski definition) is 0. The highest BCUT2D eigenvalue weighted by Gasteiger charge is 2.45. The van der Waals surface area contributed by atoms with Crippen molar-refractivity contribution in [1.82, 2.24) is 39.2 Å². The van der Waals surface area contributed by atoms with Crippen LogP contribution < -0.4 is 14.7 Å². The van der Waals surface area contributed by atoms with Gasteiger partial charge in [-0.3, -0.25) is 33.4 Å². The molecule has 0 N–H and O–H groups in total. The topological polar surface area (TPSA) is 209 Å². The van der Waals surface area contributed by atoms with Gasteiger partial charge in [-0.05, 0) is 193 Å². The first-order valence-electron chi connectivity index (χ1n) is 38.4. The molecule has 4 aromatic heterocycles. The SMILES string of the molecule is COC(=O)/C=C/c1cccc(N(Cc2cccc3cc4cnn(C)c4c(F)c23)C(=O)C2CCN(C)CC2)c1.COC(=O)/C=C/c1cccc(N(Cc2cccc3cc4cnn(C)c4c(F)c23)C(=O)C2C[C@H]3CC[C@@H]2C3)c1.COC(=O)/C=C/c1cncc(N(Cc2cccc3cc4cnn(C)c4c(F)c23)C(=O)C2CCCCC2)c1. The standard InChI is InChI=1S/C31H30FN3O3.C30H31FN4O3.C29H29FN4O3/c1-34-30-24(17-33-34)16-22-6-4-7-23(28(22)29(30)32)18-35(31(37)26-15-20-9-11-21(26)13-20)25-8-3-5-19(14-25)10-12-27(36)38-2;1-33-14-12-21(13-15-33)30(37)35(25-9-4-6-20(16-25)10-11-26(36)38-3)19-23-8-5-7-22-17-24-18-32-34(2)29(24)28(31)27(22)23;1-33-28-23(16-32-33)14-21-9-6-10-22(26(21)27(28)30)18-34(29(36)20-7-4-3-5-8-20)24-13-19(15-31-17-24)11-12-25(35)37-2/h3-8,10,12,14,16-17,20-21,26H,9,11,13,15,18H2,1-2H3;4-11,16-18,21H,12-15,19H2,1-3H3;6,9-17,20H,3-5,7-8,18H2,1-2H3/b12-10+;11-10+;12-11+/t20-,21+,26?;;/m0../s1. The van der Waals surface area contributed by atoms with Crippen molar-refractivity contribution < 1.29 is 56.1 Å². The molecule has 5 heterocycles. The molecule has 20 nitrogen and oxygen atoms in total. The van der Waals surface area contributed by atoms with E-state index >= 15 is 13.2 Å². The summed E-state index contributed by atoms with van der Waals surface area (Å²) in [4.78, 5) is 88.7. The van der Waals surface area contributed by atoms with Gasteiger partial charge < -0.3 is 33.8 Å². The van der Waals surface area contributed by atoms with Gasteiger partial charge in [-0.25, -0.2) is 27.6 Å². The number of carbonyl (C=O) groups excluding carboxylic acids is 6. The van der Waals surface area contributed by atoms with Gasteiger partial charge in [0.15, 0.2) is 17.5 Å². The monoisotopic (exact) mass is 1530 g/mol. The third kappa shape index (κ3) is 16.8. The van der Waals surface area contributed by atoms with Crippen LogP contribution in [0.3, 0.4) is 0 Å². The van der Waals surface area contributed by atoms with Gasteiger partial charge in [0.2, 0.25) is 17.7 Å². The molecule has 4 fully saturated rings. The molecule has 1 unspecified atom stereocenters. The van der Waals surface area contributed by atoms with Gasteiger partial charge in [-0.1, -0.05) is 105 Å². The van der Waals surface area contributed by atoms with E-state index in [4.69, 9.17) is 9.47 Å². The Kier molecular flexibility index (Phi) is 23.5. The fourth-order valence-electron chi connectivity index (χ4n) is 16.9. The number of anilines is 3. The van der Waals surface area contributed by atoms with Crippen molar-refractivity contribution in [3.8, 4) is 0 Å². The van der Waals surface area contributed by atoms with E-state index < -0.39 is 17.9 Å². The molecule has 12 aromatic rings. The van der Waals surface area contributed by atoms with Gasteiger partial charge in [-0.2, -0.15) is 15.3 Å². The highest BCUT2D eigenvalue weighted by molar-refractivity contribution is 6.05. The first-order chi connectivity index (χ1) is 54.7. The highest BCUT2D eigenvalue weighted by Crippen LogP contribution is 2.50. The molecule has 0 spiro atoms. The maximum atomic E-state index is 16.0. The van der Waals surface area contributed by atoms with Crippen LogP contribution in [-0.4, -0.2) is 116 Å². The average Bonchev–Trinajstić information content (AvgIpc) is 1.68. The number of ether oxygens (including phenoxy) is 3. The number of nitrogens with zero attached hydrogens (tertiary/aromatic N) is 11. The number of methoxy groups -OCH3 is 3. The molecule has 3 saturated carbocycles. The van der Waals surface area contributed by atoms with Crippen LogP contribution in [0, 0.1) is 47.0 Å². The molecule has 16 rings (SSSR count). The fourth-order valence-corrected chi connectivity index (χ4v) is 16.9. The van der Waals surface area contributed by atoms with Crippen LogP contribution in [0.15, 0.2) is 177 Å². The zero-order valence-electron chi connectivity index (χ0n) is 64.4.